The van der Waals surface area contributed by atoms with E-state index in [1.165, 1.54) is 6.26 Å². The number of methoxy groups -OCH3 is 1. The standard InChI is InChI=1S/C13H28N4O3S/c1-13(2,16-21(5,18)19)10-15-12(14-3)17-7-6-11(8-17)9-20-4/h11,16H,6-10H2,1-5H3,(H,14,15). The fraction of sp³-hybridized carbons (Fsp3) is 0.923. The maximum absolute atomic E-state index is 11.3. The van der Waals surface area contributed by atoms with Gasteiger partial charge in [0, 0.05) is 45.2 Å². The van der Waals surface area contributed by atoms with Crippen molar-refractivity contribution in [2.24, 2.45) is 10.9 Å². The van der Waals surface area contributed by atoms with Crippen LogP contribution in [0, 0.1) is 5.92 Å². The minimum Gasteiger partial charge on any atom is -0.384 e. The number of guanidine groups is 1. The van der Waals surface area contributed by atoms with E-state index in [4.69, 9.17) is 4.74 Å². The summed E-state index contributed by atoms with van der Waals surface area (Å²) in [5, 5.41) is 3.25. The quantitative estimate of drug-likeness (QED) is 0.526. The van der Waals surface area contributed by atoms with Crippen molar-refractivity contribution in [2.75, 3.05) is 46.7 Å². The van der Waals surface area contributed by atoms with E-state index in [-0.39, 0.29) is 0 Å². The predicted octanol–water partition coefficient (Wildman–Crippen LogP) is -0.142. The van der Waals surface area contributed by atoms with Crippen molar-refractivity contribution in [1.29, 1.82) is 0 Å². The molecule has 0 spiro atoms. The van der Waals surface area contributed by atoms with Gasteiger partial charge in [-0.2, -0.15) is 0 Å². The number of nitrogens with zero attached hydrogens (tertiary/aromatic N) is 2. The highest BCUT2D eigenvalue weighted by Crippen LogP contribution is 2.16. The molecule has 21 heavy (non-hydrogen) atoms. The van der Waals surface area contributed by atoms with Gasteiger partial charge in [-0.05, 0) is 20.3 Å². The van der Waals surface area contributed by atoms with Gasteiger partial charge in [-0.1, -0.05) is 0 Å². The van der Waals surface area contributed by atoms with E-state index in [2.05, 4.69) is 19.9 Å². The van der Waals surface area contributed by atoms with Gasteiger partial charge in [-0.3, -0.25) is 4.99 Å². The molecule has 0 aliphatic carbocycles. The van der Waals surface area contributed by atoms with Crippen molar-refractivity contribution in [3.05, 3.63) is 0 Å². The number of nitrogens with one attached hydrogen (secondary N) is 2. The average Bonchev–Trinajstić information content (AvgIpc) is 2.75. The van der Waals surface area contributed by atoms with Crippen LogP contribution in [0.3, 0.4) is 0 Å². The van der Waals surface area contributed by atoms with Crippen LogP contribution in [0.15, 0.2) is 4.99 Å². The van der Waals surface area contributed by atoms with Gasteiger partial charge < -0.3 is 15.0 Å². The fourth-order valence-electron chi connectivity index (χ4n) is 2.57. The first-order valence-electron chi connectivity index (χ1n) is 7.10. The molecule has 0 bridgehead atoms. The van der Waals surface area contributed by atoms with Gasteiger partial charge in [0.05, 0.1) is 12.9 Å². The molecule has 0 radical (unpaired) electrons. The third-order valence-electron chi connectivity index (χ3n) is 3.35. The van der Waals surface area contributed by atoms with E-state index in [1.54, 1.807) is 14.2 Å². The van der Waals surface area contributed by atoms with E-state index < -0.39 is 15.6 Å². The first kappa shape index (κ1) is 18.2. The maximum Gasteiger partial charge on any atom is 0.209 e. The molecule has 1 rings (SSSR count). The highest BCUT2D eigenvalue weighted by molar-refractivity contribution is 7.88. The third-order valence-corrected chi connectivity index (χ3v) is 4.27. The summed E-state index contributed by atoms with van der Waals surface area (Å²) in [6, 6.07) is 0. The van der Waals surface area contributed by atoms with E-state index in [9.17, 15) is 8.42 Å². The largest absolute Gasteiger partial charge is 0.384 e. The molecule has 0 saturated carbocycles. The number of aliphatic imine (C=N–C) groups is 1. The van der Waals surface area contributed by atoms with Crippen molar-refractivity contribution < 1.29 is 13.2 Å². The van der Waals surface area contributed by atoms with Crippen molar-refractivity contribution in [1.82, 2.24) is 14.9 Å². The van der Waals surface area contributed by atoms with Gasteiger partial charge in [-0.15, -0.1) is 0 Å². The number of hydrogen-bond acceptors (Lipinski definition) is 4. The number of likely N-dealkylation sites (tertiary alicyclic amines) is 1. The molecule has 0 amide bonds. The Morgan fingerprint density at radius 1 is 1.48 bits per heavy atom. The lowest BCUT2D eigenvalue weighted by Gasteiger charge is -2.29. The molecular weight excluding hydrogens is 292 g/mol. The van der Waals surface area contributed by atoms with Gasteiger partial charge in [-0.25, -0.2) is 13.1 Å². The second kappa shape index (κ2) is 7.42. The van der Waals surface area contributed by atoms with E-state index in [1.807, 2.05) is 13.8 Å². The fourth-order valence-corrected chi connectivity index (χ4v) is 3.64. The Bertz CT molecular complexity index is 462. The normalized spacial score (nSPS) is 20.9. The molecule has 1 heterocycles. The Morgan fingerprint density at radius 2 is 2.14 bits per heavy atom. The lowest BCUT2D eigenvalue weighted by atomic mass is 10.1. The van der Waals surface area contributed by atoms with Crippen LogP contribution in [0.25, 0.3) is 0 Å². The van der Waals surface area contributed by atoms with Crippen LogP contribution in [0.2, 0.25) is 0 Å². The van der Waals surface area contributed by atoms with Gasteiger partial charge in [0.2, 0.25) is 10.0 Å². The van der Waals surface area contributed by atoms with Crippen LogP contribution in [0.5, 0.6) is 0 Å². The van der Waals surface area contributed by atoms with Crippen molar-refractivity contribution in [3.8, 4) is 0 Å². The predicted molar refractivity (Wildman–Crippen MR) is 85.0 cm³/mol. The summed E-state index contributed by atoms with van der Waals surface area (Å²) in [5.74, 6) is 1.33. The molecule has 124 valence electrons. The smallest absolute Gasteiger partial charge is 0.209 e. The highest BCUT2D eigenvalue weighted by Gasteiger charge is 2.27. The number of rotatable bonds is 6. The molecule has 1 atom stereocenters. The lowest BCUT2D eigenvalue weighted by molar-refractivity contribution is 0.157. The summed E-state index contributed by atoms with van der Waals surface area (Å²) < 4.78 is 30.5. The molecule has 0 aromatic rings. The number of hydrogen-bond donors (Lipinski definition) is 2. The van der Waals surface area contributed by atoms with E-state index in [0.717, 1.165) is 32.1 Å². The Balaban J connectivity index is 2.53. The molecule has 0 aromatic heterocycles. The van der Waals surface area contributed by atoms with Gasteiger partial charge >= 0.3 is 0 Å². The molecule has 1 aliphatic heterocycles. The average molecular weight is 320 g/mol. The minimum absolute atomic E-state index is 0.470. The second-order valence-corrected chi connectivity index (χ2v) is 7.96. The lowest BCUT2D eigenvalue weighted by Crippen LogP contribution is -2.53. The van der Waals surface area contributed by atoms with Gasteiger partial charge in [0.15, 0.2) is 5.96 Å². The Labute approximate surface area is 128 Å². The van der Waals surface area contributed by atoms with E-state index in [0.29, 0.717) is 12.5 Å². The summed E-state index contributed by atoms with van der Waals surface area (Å²) in [5.41, 5.74) is -0.574. The molecular formula is C13H28N4O3S. The second-order valence-electron chi connectivity index (χ2n) is 6.21. The van der Waals surface area contributed by atoms with Crippen molar-refractivity contribution in [2.45, 2.75) is 25.8 Å². The Morgan fingerprint density at radius 3 is 2.67 bits per heavy atom. The number of ether oxygens (including phenoxy) is 1. The summed E-state index contributed by atoms with van der Waals surface area (Å²) in [4.78, 5) is 6.46. The van der Waals surface area contributed by atoms with Crippen LogP contribution in [-0.2, 0) is 14.8 Å². The van der Waals surface area contributed by atoms with Crippen molar-refractivity contribution >= 4 is 16.0 Å². The molecule has 0 aromatic carbocycles. The molecule has 8 heteroatoms. The number of sulfonamides is 1. The zero-order chi connectivity index (χ0) is 16.1. The van der Waals surface area contributed by atoms with Gasteiger partial charge in [0.1, 0.15) is 0 Å². The maximum atomic E-state index is 11.3. The zero-order valence-electron chi connectivity index (χ0n) is 13.6. The Hall–Kier alpha value is -0.860. The molecule has 1 fully saturated rings. The van der Waals surface area contributed by atoms with Crippen molar-refractivity contribution in [3.63, 3.8) is 0 Å². The summed E-state index contributed by atoms with van der Waals surface area (Å²) >= 11 is 0. The summed E-state index contributed by atoms with van der Waals surface area (Å²) in [6.07, 6.45) is 2.25. The molecule has 1 unspecified atom stereocenters. The first-order chi connectivity index (χ1) is 9.67. The molecule has 1 saturated heterocycles. The van der Waals surface area contributed by atoms with Crippen LogP contribution >= 0.6 is 0 Å². The van der Waals surface area contributed by atoms with Crippen LogP contribution in [0.1, 0.15) is 20.3 Å². The third kappa shape index (κ3) is 6.62. The highest BCUT2D eigenvalue weighted by atomic mass is 32.2. The minimum atomic E-state index is -3.23. The zero-order valence-corrected chi connectivity index (χ0v) is 14.5. The van der Waals surface area contributed by atoms with Crippen LogP contribution in [-0.4, -0.2) is 71.5 Å². The molecule has 7 nitrogen and oxygen atoms in total. The van der Waals surface area contributed by atoms with Crippen LogP contribution < -0.4 is 10.0 Å². The SMILES string of the molecule is CN=C(NCC(C)(C)NS(C)(=O)=O)N1CCC(COC)C1. The summed E-state index contributed by atoms with van der Waals surface area (Å²) in [7, 11) is 0.225. The topological polar surface area (TPSA) is 83.0 Å². The van der Waals surface area contributed by atoms with Gasteiger partial charge in [0.25, 0.3) is 0 Å². The van der Waals surface area contributed by atoms with Crippen LogP contribution in [0.4, 0.5) is 0 Å². The Kier molecular flexibility index (Phi) is 6.42. The van der Waals surface area contributed by atoms with E-state index >= 15 is 0 Å². The molecule has 1 aliphatic rings. The first-order valence-corrected chi connectivity index (χ1v) is 8.99. The summed E-state index contributed by atoms with van der Waals surface area (Å²) in [6.45, 7) is 6.76. The monoisotopic (exact) mass is 320 g/mol. The molecule has 2 N–H and O–H groups in total.